The number of hydrogen-bond donors (Lipinski definition) is 2. The molecule has 17 heavy (non-hydrogen) atoms. The maximum Gasteiger partial charge on any atom is 0.221 e. The monoisotopic (exact) mass is 243 g/mol. The van der Waals surface area contributed by atoms with Crippen LogP contribution in [0.15, 0.2) is 0 Å². The Morgan fingerprint density at radius 1 is 1.29 bits per heavy atom. The van der Waals surface area contributed by atoms with Crippen LogP contribution in [-0.4, -0.2) is 43.5 Å². The van der Waals surface area contributed by atoms with Crippen LogP contribution in [0.5, 0.6) is 0 Å². The topological polar surface area (TPSA) is 58.4 Å². The lowest BCUT2D eigenvalue weighted by Crippen LogP contribution is -2.42. The number of amides is 1. The molecular weight excluding hydrogens is 214 g/mol. The minimum atomic E-state index is 0.115. The Kier molecular flexibility index (Phi) is 10.2. The third-order valence-electron chi connectivity index (χ3n) is 3.00. The number of nitrogens with two attached hydrogens (primary N) is 1. The molecule has 0 aliphatic carbocycles. The molecule has 0 aromatic rings. The van der Waals surface area contributed by atoms with E-state index in [9.17, 15) is 4.79 Å². The van der Waals surface area contributed by atoms with E-state index in [1.807, 2.05) is 0 Å². The summed E-state index contributed by atoms with van der Waals surface area (Å²) in [6.07, 6.45) is 5.13. The van der Waals surface area contributed by atoms with Gasteiger partial charge in [0.15, 0.2) is 0 Å². The van der Waals surface area contributed by atoms with Crippen LogP contribution < -0.4 is 11.1 Å². The Morgan fingerprint density at radius 2 is 2.00 bits per heavy atom. The second-order valence-electron chi connectivity index (χ2n) is 4.63. The summed E-state index contributed by atoms with van der Waals surface area (Å²) in [7, 11) is 2.06. The highest BCUT2D eigenvalue weighted by Crippen LogP contribution is 2.04. The molecule has 4 nitrogen and oxygen atoms in total. The lowest BCUT2D eigenvalue weighted by Gasteiger charge is -2.26. The normalized spacial score (nSPS) is 12.8. The third-order valence-corrected chi connectivity index (χ3v) is 3.00. The molecule has 3 N–H and O–H groups in total. The van der Waals surface area contributed by atoms with Crippen LogP contribution in [0, 0.1) is 0 Å². The number of likely N-dealkylation sites (N-methyl/N-ethyl adjacent to an activating group) is 1. The lowest BCUT2D eigenvalue weighted by molar-refractivity contribution is -0.122. The second kappa shape index (κ2) is 10.5. The van der Waals surface area contributed by atoms with Crippen molar-refractivity contribution in [2.24, 2.45) is 5.73 Å². The van der Waals surface area contributed by atoms with Crippen LogP contribution in [0.2, 0.25) is 0 Å². The Labute approximate surface area is 106 Å². The largest absolute Gasteiger partial charge is 0.356 e. The highest BCUT2D eigenvalue weighted by Gasteiger charge is 2.16. The molecule has 0 heterocycles. The minimum Gasteiger partial charge on any atom is -0.356 e. The fourth-order valence-corrected chi connectivity index (χ4v) is 1.76. The van der Waals surface area contributed by atoms with E-state index in [1.165, 1.54) is 19.3 Å². The fraction of sp³-hybridized carbons (Fsp3) is 0.923. The van der Waals surface area contributed by atoms with Crippen molar-refractivity contribution >= 4 is 5.91 Å². The molecular formula is C13H29N3O. The zero-order valence-electron chi connectivity index (χ0n) is 11.7. The smallest absolute Gasteiger partial charge is 0.221 e. The van der Waals surface area contributed by atoms with Crippen molar-refractivity contribution in [1.82, 2.24) is 10.2 Å². The van der Waals surface area contributed by atoms with Gasteiger partial charge in [-0.2, -0.15) is 0 Å². The highest BCUT2D eigenvalue weighted by molar-refractivity contribution is 5.76. The second-order valence-corrected chi connectivity index (χ2v) is 4.63. The van der Waals surface area contributed by atoms with Crippen molar-refractivity contribution in [1.29, 1.82) is 0 Å². The summed E-state index contributed by atoms with van der Waals surface area (Å²) in [5, 5.41) is 2.90. The maximum atomic E-state index is 11.6. The summed E-state index contributed by atoms with van der Waals surface area (Å²) in [5.41, 5.74) is 5.73. The first-order valence-corrected chi connectivity index (χ1v) is 6.82. The van der Waals surface area contributed by atoms with Crippen LogP contribution >= 0.6 is 0 Å². The van der Waals surface area contributed by atoms with Crippen LogP contribution in [0.1, 0.15) is 46.0 Å². The average Bonchev–Trinajstić information content (AvgIpc) is 2.33. The molecule has 4 heteroatoms. The summed E-state index contributed by atoms with van der Waals surface area (Å²) in [6, 6.07) is 0.170. The first kappa shape index (κ1) is 16.4. The molecule has 0 spiro atoms. The molecule has 0 aromatic heterocycles. The van der Waals surface area contributed by atoms with E-state index in [2.05, 4.69) is 31.1 Å². The predicted octanol–water partition coefficient (Wildman–Crippen LogP) is 1.35. The minimum absolute atomic E-state index is 0.115. The number of nitrogens with zero attached hydrogens (tertiary/aromatic N) is 1. The van der Waals surface area contributed by atoms with E-state index in [1.54, 1.807) is 0 Å². The van der Waals surface area contributed by atoms with Crippen molar-refractivity contribution in [3.63, 3.8) is 0 Å². The molecule has 0 aliphatic heterocycles. The van der Waals surface area contributed by atoms with Gasteiger partial charge in [0.1, 0.15) is 0 Å². The van der Waals surface area contributed by atoms with Gasteiger partial charge in [-0.25, -0.2) is 0 Å². The molecule has 0 rings (SSSR count). The molecule has 0 saturated carbocycles. The number of hydrogen-bond acceptors (Lipinski definition) is 3. The summed E-state index contributed by atoms with van der Waals surface area (Å²) in [5.74, 6) is 0.115. The number of nitrogens with one attached hydrogen (secondary N) is 1. The quantitative estimate of drug-likeness (QED) is 0.569. The Balaban J connectivity index is 3.90. The van der Waals surface area contributed by atoms with Crippen molar-refractivity contribution in [2.45, 2.75) is 52.0 Å². The zero-order valence-corrected chi connectivity index (χ0v) is 11.7. The van der Waals surface area contributed by atoms with E-state index in [0.717, 1.165) is 19.5 Å². The molecule has 1 amide bonds. The number of rotatable bonds is 10. The molecule has 0 aromatic carbocycles. The van der Waals surface area contributed by atoms with Crippen molar-refractivity contribution < 1.29 is 4.79 Å². The molecule has 102 valence electrons. The number of unbranched alkanes of at least 4 members (excludes halogenated alkanes) is 2. The number of carbonyl (C=O) groups is 1. The molecule has 0 radical (unpaired) electrons. The van der Waals surface area contributed by atoms with E-state index >= 15 is 0 Å². The van der Waals surface area contributed by atoms with Crippen molar-refractivity contribution in [2.75, 3.05) is 26.7 Å². The van der Waals surface area contributed by atoms with Gasteiger partial charge in [0.2, 0.25) is 5.91 Å². The summed E-state index contributed by atoms with van der Waals surface area (Å²) >= 11 is 0. The summed E-state index contributed by atoms with van der Waals surface area (Å²) in [4.78, 5) is 13.8. The van der Waals surface area contributed by atoms with Crippen LogP contribution in [0.3, 0.4) is 0 Å². The lowest BCUT2D eigenvalue weighted by atomic mass is 10.1. The molecule has 0 fully saturated rings. The van der Waals surface area contributed by atoms with E-state index in [0.29, 0.717) is 13.0 Å². The summed E-state index contributed by atoms with van der Waals surface area (Å²) in [6.45, 7) is 6.57. The number of carbonyl (C=O) groups excluding carboxylic acids is 1. The maximum absolute atomic E-state index is 11.6. The standard InChI is InChI=1S/C13H29N3O/c1-4-6-7-9-16(3)12(11-14)10-13(17)15-8-5-2/h12H,4-11,14H2,1-3H3,(H,15,17). The molecule has 1 atom stereocenters. The predicted molar refractivity (Wildman–Crippen MR) is 72.9 cm³/mol. The molecule has 0 saturated heterocycles. The summed E-state index contributed by atoms with van der Waals surface area (Å²) < 4.78 is 0. The first-order chi connectivity index (χ1) is 8.15. The highest BCUT2D eigenvalue weighted by atomic mass is 16.1. The van der Waals surface area contributed by atoms with Crippen molar-refractivity contribution in [3.8, 4) is 0 Å². The van der Waals surface area contributed by atoms with Gasteiger partial charge in [-0.3, -0.25) is 4.79 Å². The van der Waals surface area contributed by atoms with E-state index < -0.39 is 0 Å². The Morgan fingerprint density at radius 3 is 2.53 bits per heavy atom. The van der Waals surface area contributed by atoms with Gasteiger partial charge in [0.05, 0.1) is 0 Å². The van der Waals surface area contributed by atoms with Gasteiger partial charge in [-0.05, 0) is 26.4 Å². The Bertz CT molecular complexity index is 197. The first-order valence-electron chi connectivity index (χ1n) is 6.82. The SMILES string of the molecule is CCCCCN(C)C(CN)CC(=O)NCCC. The van der Waals surface area contributed by atoms with E-state index in [-0.39, 0.29) is 11.9 Å². The van der Waals surface area contributed by atoms with Gasteiger partial charge in [0, 0.05) is 25.6 Å². The fourth-order valence-electron chi connectivity index (χ4n) is 1.76. The van der Waals surface area contributed by atoms with Crippen molar-refractivity contribution in [3.05, 3.63) is 0 Å². The van der Waals surface area contributed by atoms with Gasteiger partial charge in [-0.1, -0.05) is 26.7 Å². The Hall–Kier alpha value is -0.610. The van der Waals surface area contributed by atoms with Gasteiger partial charge >= 0.3 is 0 Å². The van der Waals surface area contributed by atoms with Gasteiger partial charge < -0.3 is 16.0 Å². The third kappa shape index (κ3) is 8.16. The van der Waals surface area contributed by atoms with Gasteiger partial charge in [-0.15, -0.1) is 0 Å². The van der Waals surface area contributed by atoms with Crippen LogP contribution in [0.4, 0.5) is 0 Å². The molecule has 0 aliphatic rings. The van der Waals surface area contributed by atoms with E-state index in [4.69, 9.17) is 5.73 Å². The zero-order chi connectivity index (χ0) is 13.1. The van der Waals surface area contributed by atoms with Gasteiger partial charge in [0.25, 0.3) is 0 Å². The van der Waals surface area contributed by atoms with Crippen LogP contribution in [-0.2, 0) is 4.79 Å². The molecule has 0 bridgehead atoms. The van der Waals surface area contributed by atoms with Crippen LogP contribution in [0.25, 0.3) is 0 Å². The average molecular weight is 243 g/mol. The molecule has 1 unspecified atom stereocenters.